The fourth-order valence-electron chi connectivity index (χ4n) is 5.83. The van der Waals surface area contributed by atoms with Crippen molar-refractivity contribution < 1.29 is 9.90 Å². The van der Waals surface area contributed by atoms with Gasteiger partial charge in [0.15, 0.2) is 0 Å². The molecular formula is C30H31N3O3. The molecule has 1 aliphatic heterocycles. The van der Waals surface area contributed by atoms with Crippen LogP contribution in [0.25, 0.3) is 11.0 Å². The zero-order valence-electron chi connectivity index (χ0n) is 20.6. The SMILES string of the molecule is CC1CCC(CC(C)n2c(=O)c(C(=O)O)nc3ccccc32)N1C(c1ccccc1)c1ccccc1. The molecule has 6 heteroatoms. The predicted octanol–water partition coefficient (Wildman–Crippen LogP) is 5.69. The van der Waals surface area contributed by atoms with E-state index in [2.05, 4.69) is 65.3 Å². The maximum Gasteiger partial charge on any atom is 0.360 e. The molecule has 1 fully saturated rings. The summed E-state index contributed by atoms with van der Waals surface area (Å²) in [5.41, 5.74) is 2.70. The molecule has 0 amide bonds. The Morgan fingerprint density at radius 3 is 2.14 bits per heavy atom. The molecule has 0 radical (unpaired) electrons. The first-order valence-electron chi connectivity index (χ1n) is 12.6. The second-order valence-corrected chi connectivity index (χ2v) is 9.77. The number of hydrogen-bond donors (Lipinski definition) is 1. The quantitative estimate of drug-likeness (QED) is 0.367. The molecular weight excluding hydrogens is 450 g/mol. The second kappa shape index (κ2) is 10.1. The van der Waals surface area contributed by atoms with Crippen LogP contribution < -0.4 is 5.56 Å². The van der Waals surface area contributed by atoms with E-state index in [1.165, 1.54) is 11.1 Å². The number of hydrogen-bond acceptors (Lipinski definition) is 4. The maximum atomic E-state index is 13.3. The molecule has 1 saturated heterocycles. The van der Waals surface area contributed by atoms with Crippen molar-refractivity contribution in [2.45, 2.75) is 57.3 Å². The molecule has 0 spiro atoms. The lowest BCUT2D eigenvalue weighted by atomic mass is 9.94. The third kappa shape index (κ3) is 4.44. The predicted molar refractivity (Wildman–Crippen MR) is 141 cm³/mol. The van der Waals surface area contributed by atoms with Crippen LogP contribution in [0.2, 0.25) is 0 Å². The van der Waals surface area contributed by atoms with Gasteiger partial charge in [-0.2, -0.15) is 0 Å². The molecule has 5 rings (SSSR count). The number of para-hydroxylation sites is 2. The van der Waals surface area contributed by atoms with Crippen molar-refractivity contribution in [2.75, 3.05) is 0 Å². The highest BCUT2D eigenvalue weighted by Gasteiger charge is 2.38. The Hall–Kier alpha value is -3.77. The van der Waals surface area contributed by atoms with Crippen LogP contribution in [0.4, 0.5) is 0 Å². The first kappa shape index (κ1) is 23.9. The van der Waals surface area contributed by atoms with Gasteiger partial charge in [0, 0.05) is 18.1 Å². The van der Waals surface area contributed by atoms with E-state index in [1.807, 2.05) is 37.3 Å². The monoisotopic (exact) mass is 481 g/mol. The highest BCUT2D eigenvalue weighted by atomic mass is 16.4. The lowest BCUT2D eigenvalue weighted by molar-refractivity contribution is 0.0687. The van der Waals surface area contributed by atoms with Crippen molar-refractivity contribution in [1.29, 1.82) is 0 Å². The third-order valence-corrected chi connectivity index (χ3v) is 7.43. The summed E-state index contributed by atoms with van der Waals surface area (Å²) < 4.78 is 1.63. The summed E-state index contributed by atoms with van der Waals surface area (Å²) in [7, 11) is 0. The van der Waals surface area contributed by atoms with Gasteiger partial charge >= 0.3 is 5.97 Å². The molecule has 1 N–H and O–H groups in total. The summed E-state index contributed by atoms with van der Waals surface area (Å²) in [6, 6.07) is 28.9. The molecule has 184 valence electrons. The Balaban J connectivity index is 1.55. The fraction of sp³-hybridized carbons (Fsp3) is 0.300. The number of aromatic nitrogens is 2. The number of benzene rings is 3. The largest absolute Gasteiger partial charge is 0.476 e. The zero-order valence-corrected chi connectivity index (χ0v) is 20.6. The number of rotatable bonds is 7. The van der Waals surface area contributed by atoms with Gasteiger partial charge in [0.2, 0.25) is 5.69 Å². The van der Waals surface area contributed by atoms with Gasteiger partial charge in [0.25, 0.3) is 5.56 Å². The van der Waals surface area contributed by atoms with Crippen LogP contribution in [0.3, 0.4) is 0 Å². The molecule has 3 unspecified atom stereocenters. The Labute approximate surface area is 210 Å². The summed E-state index contributed by atoms with van der Waals surface area (Å²) in [6.07, 6.45) is 2.82. The Morgan fingerprint density at radius 2 is 1.53 bits per heavy atom. The number of aromatic carboxylic acids is 1. The first-order valence-corrected chi connectivity index (χ1v) is 12.6. The number of likely N-dealkylation sites (tertiary alicyclic amines) is 1. The van der Waals surface area contributed by atoms with Gasteiger partial charge < -0.3 is 9.67 Å². The van der Waals surface area contributed by atoms with E-state index >= 15 is 0 Å². The van der Waals surface area contributed by atoms with E-state index in [0.29, 0.717) is 17.1 Å². The fourth-order valence-corrected chi connectivity index (χ4v) is 5.83. The van der Waals surface area contributed by atoms with Crippen LogP contribution in [0.5, 0.6) is 0 Å². The summed E-state index contributed by atoms with van der Waals surface area (Å²) in [5, 5.41) is 9.63. The number of carboxylic acids is 1. The van der Waals surface area contributed by atoms with E-state index in [-0.39, 0.29) is 18.1 Å². The lowest BCUT2D eigenvalue weighted by Gasteiger charge is -2.38. The van der Waals surface area contributed by atoms with Crippen molar-refractivity contribution in [3.63, 3.8) is 0 Å². The van der Waals surface area contributed by atoms with Gasteiger partial charge in [-0.05, 0) is 56.4 Å². The molecule has 0 aliphatic carbocycles. The Kier molecular flexibility index (Phi) is 6.70. The smallest absolute Gasteiger partial charge is 0.360 e. The standard InChI is InChI=1S/C30H31N3O3/c1-20-17-18-24(32(20)28(22-11-5-3-6-12-22)23-13-7-4-8-14-23)19-21(2)33-26-16-10-9-15-25(26)31-27(29(33)34)30(35)36/h3-16,20-21,24,28H,17-19H2,1-2H3,(H,35,36). The van der Waals surface area contributed by atoms with Crippen LogP contribution in [0.1, 0.15) is 66.8 Å². The molecule has 6 nitrogen and oxygen atoms in total. The van der Waals surface area contributed by atoms with Crippen molar-refractivity contribution in [2.24, 2.45) is 0 Å². The van der Waals surface area contributed by atoms with Gasteiger partial charge in [-0.3, -0.25) is 9.69 Å². The first-order chi connectivity index (χ1) is 17.5. The van der Waals surface area contributed by atoms with Gasteiger partial charge in [-0.25, -0.2) is 9.78 Å². The van der Waals surface area contributed by atoms with E-state index in [1.54, 1.807) is 10.6 Å². The number of nitrogens with zero attached hydrogens (tertiary/aromatic N) is 3. The van der Waals surface area contributed by atoms with Gasteiger partial charge in [-0.1, -0.05) is 72.8 Å². The van der Waals surface area contributed by atoms with E-state index < -0.39 is 17.2 Å². The Morgan fingerprint density at radius 1 is 0.944 bits per heavy atom. The normalized spacial score (nSPS) is 19.1. The van der Waals surface area contributed by atoms with E-state index in [9.17, 15) is 14.7 Å². The second-order valence-electron chi connectivity index (χ2n) is 9.77. The van der Waals surface area contributed by atoms with Crippen molar-refractivity contribution in [3.05, 3.63) is 112 Å². The Bertz CT molecular complexity index is 1380. The highest BCUT2D eigenvalue weighted by molar-refractivity contribution is 5.88. The minimum absolute atomic E-state index is 0.0996. The van der Waals surface area contributed by atoms with Crippen molar-refractivity contribution in [1.82, 2.24) is 14.5 Å². The van der Waals surface area contributed by atoms with E-state index in [0.717, 1.165) is 19.3 Å². The molecule has 3 atom stereocenters. The van der Waals surface area contributed by atoms with Gasteiger partial charge in [0.05, 0.1) is 17.1 Å². The van der Waals surface area contributed by atoms with Crippen molar-refractivity contribution >= 4 is 17.0 Å². The van der Waals surface area contributed by atoms with Gasteiger partial charge in [-0.15, -0.1) is 0 Å². The molecule has 1 aromatic heterocycles. The molecule has 3 aromatic carbocycles. The number of carbonyl (C=O) groups is 1. The summed E-state index contributed by atoms with van der Waals surface area (Å²) in [6.45, 7) is 4.29. The summed E-state index contributed by atoms with van der Waals surface area (Å²) in [5.74, 6) is -1.30. The highest BCUT2D eigenvalue weighted by Crippen LogP contribution is 2.40. The van der Waals surface area contributed by atoms with Crippen LogP contribution in [-0.4, -0.2) is 37.6 Å². The average Bonchev–Trinajstić information content (AvgIpc) is 3.24. The molecule has 0 bridgehead atoms. The average molecular weight is 482 g/mol. The number of fused-ring (bicyclic) bond motifs is 1. The van der Waals surface area contributed by atoms with Crippen LogP contribution >= 0.6 is 0 Å². The third-order valence-electron chi connectivity index (χ3n) is 7.43. The molecule has 4 aromatic rings. The molecule has 2 heterocycles. The van der Waals surface area contributed by atoms with Crippen LogP contribution in [0, 0.1) is 0 Å². The number of carboxylic acid groups (broad SMARTS) is 1. The topological polar surface area (TPSA) is 75.4 Å². The van der Waals surface area contributed by atoms with Crippen LogP contribution in [0.15, 0.2) is 89.7 Å². The maximum absolute atomic E-state index is 13.3. The summed E-state index contributed by atoms with van der Waals surface area (Å²) in [4.78, 5) is 31.8. The van der Waals surface area contributed by atoms with Crippen LogP contribution in [-0.2, 0) is 0 Å². The van der Waals surface area contributed by atoms with E-state index in [4.69, 9.17) is 0 Å². The molecule has 36 heavy (non-hydrogen) atoms. The van der Waals surface area contributed by atoms with Crippen molar-refractivity contribution in [3.8, 4) is 0 Å². The van der Waals surface area contributed by atoms with Gasteiger partial charge in [0.1, 0.15) is 0 Å². The zero-order chi connectivity index (χ0) is 25.2. The summed E-state index contributed by atoms with van der Waals surface area (Å²) >= 11 is 0. The minimum Gasteiger partial charge on any atom is -0.476 e. The lowest BCUT2D eigenvalue weighted by Crippen LogP contribution is -2.40. The minimum atomic E-state index is -1.30. The molecule has 0 saturated carbocycles. The molecule has 1 aliphatic rings.